The van der Waals surface area contributed by atoms with Gasteiger partial charge in [0, 0.05) is 57.9 Å². The van der Waals surface area contributed by atoms with Gasteiger partial charge in [0.15, 0.2) is 0 Å². The maximum absolute atomic E-state index is 12.3. The monoisotopic (exact) mass is 357 g/mol. The number of carbonyl (C=O) groups is 2. The molecule has 0 bridgehead atoms. The van der Waals surface area contributed by atoms with Crippen LogP contribution >= 0.6 is 0 Å². The minimum absolute atomic E-state index is 0.0450. The number of nitriles is 1. The van der Waals surface area contributed by atoms with Crippen LogP contribution in [0.15, 0.2) is 24.3 Å². The number of rotatable bonds is 6. The van der Waals surface area contributed by atoms with Gasteiger partial charge >= 0.3 is 6.03 Å². The highest BCUT2D eigenvalue weighted by Crippen LogP contribution is 2.10. The third-order valence-corrected chi connectivity index (χ3v) is 4.63. The van der Waals surface area contributed by atoms with Crippen molar-refractivity contribution < 1.29 is 9.59 Å². The van der Waals surface area contributed by atoms with E-state index in [0.29, 0.717) is 37.3 Å². The quantitative estimate of drug-likeness (QED) is 0.844. The molecule has 1 aromatic carbocycles. The van der Waals surface area contributed by atoms with Gasteiger partial charge in [-0.05, 0) is 38.1 Å². The van der Waals surface area contributed by atoms with Gasteiger partial charge in [-0.1, -0.05) is 0 Å². The molecule has 0 spiro atoms. The van der Waals surface area contributed by atoms with E-state index in [1.165, 1.54) is 0 Å². The van der Waals surface area contributed by atoms with Gasteiger partial charge in [0.25, 0.3) is 0 Å². The fraction of sp³-hybridized carbons (Fsp3) is 0.526. The second-order valence-electron chi connectivity index (χ2n) is 6.27. The molecule has 0 unspecified atom stereocenters. The van der Waals surface area contributed by atoms with E-state index in [1.807, 2.05) is 23.6 Å². The van der Waals surface area contributed by atoms with E-state index < -0.39 is 0 Å². The highest BCUT2D eigenvalue weighted by Gasteiger charge is 2.23. The molecule has 3 amide bonds. The summed E-state index contributed by atoms with van der Waals surface area (Å²) in [5, 5.41) is 11.6. The molecule has 1 saturated heterocycles. The number of carbonyl (C=O) groups excluding carboxylic acids is 2. The Balaban J connectivity index is 1.71. The molecule has 0 saturated carbocycles. The average molecular weight is 357 g/mol. The maximum atomic E-state index is 12.3. The van der Waals surface area contributed by atoms with Crippen molar-refractivity contribution in [2.75, 3.05) is 51.1 Å². The Hall–Kier alpha value is -2.59. The lowest BCUT2D eigenvalue weighted by atomic mass is 10.2. The predicted octanol–water partition coefficient (Wildman–Crippen LogP) is 1.97. The molecule has 0 aromatic heterocycles. The third kappa shape index (κ3) is 5.46. The molecule has 0 atom stereocenters. The molecule has 2 rings (SSSR count). The van der Waals surface area contributed by atoms with Crippen LogP contribution in [0, 0.1) is 11.3 Å². The predicted molar refractivity (Wildman–Crippen MR) is 101 cm³/mol. The Bertz CT molecular complexity index is 641. The van der Waals surface area contributed by atoms with E-state index in [2.05, 4.69) is 16.3 Å². The second kappa shape index (κ2) is 9.78. The first-order valence-electron chi connectivity index (χ1n) is 9.13. The van der Waals surface area contributed by atoms with E-state index in [4.69, 9.17) is 5.26 Å². The van der Waals surface area contributed by atoms with Crippen molar-refractivity contribution in [3.05, 3.63) is 29.8 Å². The Morgan fingerprint density at radius 1 is 1.12 bits per heavy atom. The smallest absolute Gasteiger partial charge is 0.320 e. The van der Waals surface area contributed by atoms with Gasteiger partial charge in [0.05, 0.1) is 11.6 Å². The zero-order valence-corrected chi connectivity index (χ0v) is 15.6. The zero-order chi connectivity index (χ0) is 18.9. The van der Waals surface area contributed by atoms with Crippen LogP contribution in [0.1, 0.15) is 25.8 Å². The maximum Gasteiger partial charge on any atom is 0.320 e. The van der Waals surface area contributed by atoms with E-state index in [0.717, 1.165) is 26.2 Å². The number of benzene rings is 1. The van der Waals surface area contributed by atoms with Crippen LogP contribution in [0.4, 0.5) is 10.5 Å². The van der Waals surface area contributed by atoms with Gasteiger partial charge in [0.1, 0.15) is 0 Å². The molecule has 26 heavy (non-hydrogen) atoms. The highest BCUT2D eigenvalue weighted by atomic mass is 16.2. The molecular weight excluding hydrogens is 330 g/mol. The number of hydrogen-bond donors (Lipinski definition) is 1. The summed E-state index contributed by atoms with van der Waals surface area (Å²) in [5.41, 5.74) is 1.27. The number of amides is 3. The first-order chi connectivity index (χ1) is 12.6. The van der Waals surface area contributed by atoms with Crippen molar-refractivity contribution in [3.63, 3.8) is 0 Å². The van der Waals surface area contributed by atoms with Crippen LogP contribution in [0.2, 0.25) is 0 Å². The lowest BCUT2D eigenvalue weighted by molar-refractivity contribution is -0.116. The molecule has 1 aliphatic rings. The zero-order valence-electron chi connectivity index (χ0n) is 15.6. The molecule has 0 radical (unpaired) electrons. The van der Waals surface area contributed by atoms with Crippen molar-refractivity contribution in [2.45, 2.75) is 20.3 Å². The first kappa shape index (κ1) is 19.7. The Labute approximate surface area is 155 Å². The minimum Gasteiger partial charge on any atom is -0.326 e. The number of anilines is 1. The Kier molecular flexibility index (Phi) is 7.42. The van der Waals surface area contributed by atoms with Crippen LogP contribution in [0.3, 0.4) is 0 Å². The molecule has 0 aliphatic carbocycles. The minimum atomic E-state index is -0.0450. The van der Waals surface area contributed by atoms with E-state index in [-0.39, 0.29) is 11.9 Å². The summed E-state index contributed by atoms with van der Waals surface area (Å²) in [5.74, 6) is -0.0450. The van der Waals surface area contributed by atoms with Crippen molar-refractivity contribution in [3.8, 4) is 6.07 Å². The summed E-state index contributed by atoms with van der Waals surface area (Å²) in [6, 6.07) is 8.98. The standard InChI is InChI=1S/C19H27N5O2/c1-3-23(4-2)19(26)24-13-11-22(12-14-24)10-9-18(25)21-17-7-5-16(15-20)6-8-17/h5-8H,3-4,9-14H2,1-2H3,(H,21,25). The molecule has 1 aromatic rings. The van der Waals surface area contributed by atoms with Gasteiger partial charge in [-0.25, -0.2) is 4.79 Å². The average Bonchev–Trinajstić information content (AvgIpc) is 2.68. The first-order valence-corrected chi connectivity index (χ1v) is 9.13. The van der Waals surface area contributed by atoms with Crippen molar-refractivity contribution in [1.29, 1.82) is 5.26 Å². The number of urea groups is 1. The van der Waals surface area contributed by atoms with Crippen molar-refractivity contribution in [2.24, 2.45) is 0 Å². The van der Waals surface area contributed by atoms with Crippen LogP contribution in [-0.2, 0) is 4.79 Å². The van der Waals surface area contributed by atoms with Crippen molar-refractivity contribution in [1.82, 2.24) is 14.7 Å². The molecule has 1 heterocycles. The summed E-state index contributed by atoms with van der Waals surface area (Å²) in [7, 11) is 0. The summed E-state index contributed by atoms with van der Waals surface area (Å²) in [6.07, 6.45) is 0.407. The van der Waals surface area contributed by atoms with E-state index in [1.54, 1.807) is 24.3 Å². The lowest BCUT2D eigenvalue weighted by Gasteiger charge is -2.37. The largest absolute Gasteiger partial charge is 0.326 e. The summed E-state index contributed by atoms with van der Waals surface area (Å²) >= 11 is 0. The van der Waals surface area contributed by atoms with Gasteiger partial charge in [-0.3, -0.25) is 9.69 Å². The molecule has 1 aliphatic heterocycles. The molecule has 1 N–H and O–H groups in total. The van der Waals surface area contributed by atoms with Crippen LogP contribution in [0.25, 0.3) is 0 Å². The summed E-state index contributed by atoms with van der Waals surface area (Å²) < 4.78 is 0. The Morgan fingerprint density at radius 3 is 2.27 bits per heavy atom. The third-order valence-electron chi connectivity index (χ3n) is 4.63. The number of piperazine rings is 1. The van der Waals surface area contributed by atoms with Crippen LogP contribution < -0.4 is 5.32 Å². The summed E-state index contributed by atoms with van der Waals surface area (Å²) in [6.45, 7) is 9.09. The second-order valence-corrected chi connectivity index (χ2v) is 6.27. The molecule has 7 nitrogen and oxygen atoms in total. The highest BCUT2D eigenvalue weighted by molar-refractivity contribution is 5.90. The van der Waals surface area contributed by atoms with Crippen molar-refractivity contribution >= 4 is 17.6 Å². The number of hydrogen-bond acceptors (Lipinski definition) is 4. The fourth-order valence-electron chi connectivity index (χ4n) is 2.97. The number of nitrogens with zero attached hydrogens (tertiary/aromatic N) is 4. The van der Waals surface area contributed by atoms with E-state index >= 15 is 0 Å². The van der Waals surface area contributed by atoms with E-state index in [9.17, 15) is 9.59 Å². The van der Waals surface area contributed by atoms with Gasteiger partial charge < -0.3 is 15.1 Å². The molecule has 140 valence electrons. The van der Waals surface area contributed by atoms with Crippen LogP contribution in [-0.4, -0.2) is 72.5 Å². The van der Waals surface area contributed by atoms with Gasteiger partial charge in [0.2, 0.25) is 5.91 Å². The van der Waals surface area contributed by atoms with Gasteiger partial charge in [-0.15, -0.1) is 0 Å². The summed E-state index contributed by atoms with van der Waals surface area (Å²) in [4.78, 5) is 30.3. The normalized spacial score (nSPS) is 14.6. The SMILES string of the molecule is CCN(CC)C(=O)N1CCN(CCC(=O)Nc2ccc(C#N)cc2)CC1. The Morgan fingerprint density at radius 2 is 1.73 bits per heavy atom. The lowest BCUT2D eigenvalue weighted by Crippen LogP contribution is -2.53. The van der Waals surface area contributed by atoms with Gasteiger partial charge in [-0.2, -0.15) is 5.26 Å². The molecule has 1 fully saturated rings. The molecule has 7 heteroatoms. The molecular formula is C19H27N5O2. The van der Waals surface area contributed by atoms with Crippen LogP contribution in [0.5, 0.6) is 0 Å². The topological polar surface area (TPSA) is 79.7 Å². The number of nitrogens with one attached hydrogen (secondary N) is 1. The fourth-order valence-corrected chi connectivity index (χ4v) is 2.97.